The lowest BCUT2D eigenvalue weighted by molar-refractivity contribution is -0.131. The number of nitrogens with one attached hydrogen (secondary N) is 1. The van der Waals surface area contributed by atoms with Gasteiger partial charge in [0.25, 0.3) is 0 Å². The van der Waals surface area contributed by atoms with Gasteiger partial charge in [-0.25, -0.2) is 0 Å². The molecule has 2 rings (SSSR count). The molecule has 1 aliphatic rings. The average Bonchev–Trinajstić information content (AvgIpc) is 2.42. The van der Waals surface area contributed by atoms with Gasteiger partial charge >= 0.3 is 0 Å². The molecule has 1 amide bonds. The Bertz CT molecular complexity index is 508. The molecule has 2 unspecified atom stereocenters. The van der Waals surface area contributed by atoms with Crippen molar-refractivity contribution in [3.05, 3.63) is 34.4 Å². The zero-order valence-corrected chi connectivity index (χ0v) is 13.3. The zero-order valence-electron chi connectivity index (χ0n) is 13.3. The predicted octanol–water partition coefficient (Wildman–Crippen LogP) is 2.54. The van der Waals surface area contributed by atoms with Crippen LogP contribution in [0.3, 0.4) is 0 Å². The molecule has 3 heteroatoms. The summed E-state index contributed by atoms with van der Waals surface area (Å²) in [5.41, 5.74) is 5.47. The zero-order chi connectivity index (χ0) is 14.9. The van der Waals surface area contributed by atoms with Gasteiger partial charge in [-0.15, -0.1) is 0 Å². The summed E-state index contributed by atoms with van der Waals surface area (Å²) >= 11 is 0. The van der Waals surface area contributed by atoms with E-state index < -0.39 is 0 Å². The lowest BCUT2D eigenvalue weighted by Gasteiger charge is -2.32. The van der Waals surface area contributed by atoms with Gasteiger partial charge in [0.1, 0.15) is 0 Å². The largest absolute Gasteiger partial charge is 0.347 e. The molecule has 3 nitrogen and oxygen atoms in total. The monoisotopic (exact) mass is 274 g/mol. The number of carbonyl (C=O) groups is 1. The summed E-state index contributed by atoms with van der Waals surface area (Å²) in [7, 11) is 3.66. The SMILES string of the molecule is Cc1cc(C)c(C2CCNC(C(=O)N(C)C)C2)cc1C. The van der Waals surface area contributed by atoms with Gasteiger partial charge in [0.15, 0.2) is 0 Å². The quantitative estimate of drug-likeness (QED) is 0.899. The molecule has 0 saturated carbocycles. The van der Waals surface area contributed by atoms with E-state index in [1.807, 2.05) is 14.1 Å². The summed E-state index contributed by atoms with van der Waals surface area (Å²) in [5, 5.41) is 3.35. The molecule has 0 radical (unpaired) electrons. The minimum atomic E-state index is -0.0373. The Hall–Kier alpha value is -1.35. The molecule has 110 valence electrons. The number of rotatable bonds is 2. The minimum absolute atomic E-state index is 0.0373. The smallest absolute Gasteiger partial charge is 0.239 e. The van der Waals surface area contributed by atoms with Crippen LogP contribution in [0.4, 0.5) is 0 Å². The van der Waals surface area contributed by atoms with E-state index in [1.165, 1.54) is 22.3 Å². The fourth-order valence-electron chi connectivity index (χ4n) is 3.12. The number of nitrogens with zero attached hydrogens (tertiary/aromatic N) is 1. The molecule has 1 aromatic rings. The Labute approximate surface area is 122 Å². The fraction of sp³-hybridized carbons (Fsp3) is 0.588. The van der Waals surface area contributed by atoms with Crippen molar-refractivity contribution in [2.24, 2.45) is 0 Å². The lowest BCUT2D eigenvalue weighted by Crippen LogP contribution is -2.47. The molecule has 1 N–H and O–H groups in total. The molecular formula is C17H26N2O. The van der Waals surface area contributed by atoms with Crippen molar-refractivity contribution in [1.29, 1.82) is 0 Å². The molecule has 0 bridgehead atoms. The molecule has 0 aliphatic carbocycles. The van der Waals surface area contributed by atoms with E-state index in [0.29, 0.717) is 5.92 Å². The van der Waals surface area contributed by atoms with Crippen molar-refractivity contribution in [2.75, 3.05) is 20.6 Å². The maximum Gasteiger partial charge on any atom is 0.239 e. The number of benzene rings is 1. The second-order valence-corrected chi connectivity index (χ2v) is 6.25. The molecule has 1 heterocycles. The highest BCUT2D eigenvalue weighted by molar-refractivity contribution is 5.81. The Morgan fingerprint density at radius 1 is 1.15 bits per heavy atom. The Morgan fingerprint density at radius 2 is 1.80 bits per heavy atom. The third kappa shape index (κ3) is 3.04. The van der Waals surface area contributed by atoms with E-state index in [4.69, 9.17) is 0 Å². The normalized spacial score (nSPS) is 22.6. The molecule has 0 aromatic heterocycles. The number of amides is 1. The van der Waals surface area contributed by atoms with Crippen LogP contribution in [0.2, 0.25) is 0 Å². The fourth-order valence-corrected chi connectivity index (χ4v) is 3.12. The number of hydrogen-bond acceptors (Lipinski definition) is 2. The van der Waals surface area contributed by atoms with E-state index >= 15 is 0 Å². The molecular weight excluding hydrogens is 248 g/mol. The first-order valence-electron chi connectivity index (χ1n) is 7.42. The second-order valence-electron chi connectivity index (χ2n) is 6.25. The predicted molar refractivity (Wildman–Crippen MR) is 83.1 cm³/mol. The summed E-state index contributed by atoms with van der Waals surface area (Å²) in [6, 6.07) is 4.55. The van der Waals surface area contributed by atoms with Gasteiger partial charge in [0, 0.05) is 14.1 Å². The summed E-state index contributed by atoms with van der Waals surface area (Å²) < 4.78 is 0. The Balaban J connectivity index is 2.21. The Morgan fingerprint density at radius 3 is 2.45 bits per heavy atom. The molecule has 20 heavy (non-hydrogen) atoms. The van der Waals surface area contributed by atoms with Gasteiger partial charge in [0.2, 0.25) is 5.91 Å². The number of aryl methyl sites for hydroxylation is 3. The van der Waals surface area contributed by atoms with Crippen molar-refractivity contribution < 1.29 is 4.79 Å². The van der Waals surface area contributed by atoms with E-state index in [2.05, 4.69) is 38.2 Å². The first kappa shape index (κ1) is 15.0. The van der Waals surface area contributed by atoms with Gasteiger partial charge in [-0.3, -0.25) is 4.79 Å². The number of hydrogen-bond donors (Lipinski definition) is 1. The van der Waals surface area contributed by atoms with Crippen molar-refractivity contribution in [1.82, 2.24) is 10.2 Å². The van der Waals surface area contributed by atoms with Crippen LogP contribution in [0.1, 0.15) is 41.0 Å². The molecule has 1 aliphatic heterocycles. The van der Waals surface area contributed by atoms with Crippen molar-refractivity contribution >= 4 is 5.91 Å². The summed E-state index contributed by atoms with van der Waals surface area (Å²) in [6.45, 7) is 7.43. The highest BCUT2D eigenvalue weighted by atomic mass is 16.2. The Kier molecular flexibility index (Phi) is 4.48. The van der Waals surface area contributed by atoms with Crippen molar-refractivity contribution in [3.8, 4) is 0 Å². The topological polar surface area (TPSA) is 32.3 Å². The third-order valence-corrected chi connectivity index (χ3v) is 4.46. The van der Waals surface area contributed by atoms with Crippen LogP contribution in [-0.2, 0) is 4.79 Å². The molecule has 1 fully saturated rings. The standard InChI is InChI=1S/C17H26N2O/c1-11-8-13(3)15(9-12(11)2)14-6-7-18-16(10-14)17(20)19(4)5/h8-9,14,16,18H,6-7,10H2,1-5H3. The van der Waals surface area contributed by atoms with Crippen LogP contribution >= 0.6 is 0 Å². The van der Waals surface area contributed by atoms with E-state index in [0.717, 1.165) is 19.4 Å². The van der Waals surface area contributed by atoms with Gasteiger partial charge in [-0.05, 0) is 68.3 Å². The van der Waals surface area contributed by atoms with Gasteiger partial charge in [-0.1, -0.05) is 12.1 Å². The van der Waals surface area contributed by atoms with Crippen molar-refractivity contribution in [3.63, 3.8) is 0 Å². The van der Waals surface area contributed by atoms with Crippen LogP contribution < -0.4 is 5.32 Å². The number of likely N-dealkylation sites (N-methyl/N-ethyl adjacent to an activating group) is 1. The summed E-state index contributed by atoms with van der Waals surface area (Å²) in [4.78, 5) is 13.8. The highest BCUT2D eigenvalue weighted by Gasteiger charge is 2.29. The third-order valence-electron chi connectivity index (χ3n) is 4.46. The maximum absolute atomic E-state index is 12.1. The van der Waals surface area contributed by atoms with Crippen LogP contribution in [0.25, 0.3) is 0 Å². The summed E-state index contributed by atoms with van der Waals surface area (Å²) in [6.07, 6.45) is 2.01. The molecule has 0 spiro atoms. The van der Waals surface area contributed by atoms with Crippen LogP contribution in [0.15, 0.2) is 12.1 Å². The van der Waals surface area contributed by atoms with Crippen LogP contribution in [0.5, 0.6) is 0 Å². The first-order valence-corrected chi connectivity index (χ1v) is 7.42. The first-order chi connectivity index (χ1) is 9.40. The minimum Gasteiger partial charge on any atom is -0.347 e. The molecule has 1 saturated heterocycles. The van der Waals surface area contributed by atoms with Gasteiger partial charge in [-0.2, -0.15) is 0 Å². The average molecular weight is 274 g/mol. The van der Waals surface area contributed by atoms with Gasteiger partial charge in [0.05, 0.1) is 6.04 Å². The second kappa shape index (κ2) is 5.96. The van der Waals surface area contributed by atoms with E-state index in [1.54, 1.807) is 4.90 Å². The summed E-state index contributed by atoms with van der Waals surface area (Å²) in [5.74, 6) is 0.681. The number of piperidine rings is 1. The van der Waals surface area contributed by atoms with Crippen LogP contribution in [-0.4, -0.2) is 37.5 Å². The number of carbonyl (C=O) groups excluding carboxylic acids is 1. The van der Waals surface area contributed by atoms with Gasteiger partial charge < -0.3 is 10.2 Å². The lowest BCUT2D eigenvalue weighted by atomic mass is 9.82. The van der Waals surface area contributed by atoms with Crippen molar-refractivity contribution in [2.45, 2.75) is 45.6 Å². The van der Waals surface area contributed by atoms with E-state index in [-0.39, 0.29) is 11.9 Å². The van der Waals surface area contributed by atoms with Crippen LogP contribution in [0, 0.1) is 20.8 Å². The molecule has 2 atom stereocenters. The van der Waals surface area contributed by atoms with E-state index in [9.17, 15) is 4.79 Å². The maximum atomic E-state index is 12.1. The highest BCUT2D eigenvalue weighted by Crippen LogP contribution is 2.32. The molecule has 1 aromatic carbocycles.